The predicted molar refractivity (Wildman–Crippen MR) is 146 cm³/mol. The van der Waals surface area contributed by atoms with Crippen LogP contribution in [0.15, 0.2) is 72.2 Å². The summed E-state index contributed by atoms with van der Waals surface area (Å²) < 4.78 is 12.4. The lowest BCUT2D eigenvalue weighted by Gasteiger charge is -2.23. The minimum atomic E-state index is -0.327. The number of rotatable bonds is 10. The zero-order chi connectivity index (χ0) is 26.4. The minimum absolute atomic E-state index is 0.0811. The van der Waals surface area contributed by atoms with Crippen LogP contribution < -0.4 is 14.8 Å². The van der Waals surface area contributed by atoms with Gasteiger partial charge in [0.1, 0.15) is 18.0 Å². The van der Waals surface area contributed by atoms with Gasteiger partial charge in [-0.05, 0) is 65.9 Å². The summed E-state index contributed by atoms with van der Waals surface area (Å²) in [5.74, 6) is 1.55. The van der Waals surface area contributed by atoms with E-state index in [9.17, 15) is 9.59 Å². The molecule has 2 aromatic carbocycles. The second-order valence-corrected chi connectivity index (χ2v) is 9.80. The molecular formula is C28H30N4O4S. The van der Waals surface area contributed by atoms with Crippen molar-refractivity contribution in [2.24, 2.45) is 5.92 Å². The number of thiophene rings is 1. The fraction of sp³-hybridized carbons (Fsp3) is 0.250. The Labute approximate surface area is 220 Å². The van der Waals surface area contributed by atoms with E-state index in [-0.39, 0.29) is 24.3 Å². The molecule has 0 aliphatic carbocycles. The fourth-order valence-electron chi connectivity index (χ4n) is 3.86. The highest BCUT2D eigenvalue weighted by molar-refractivity contribution is 7.12. The van der Waals surface area contributed by atoms with Crippen LogP contribution in [-0.2, 0) is 4.79 Å². The molecule has 0 saturated carbocycles. The van der Waals surface area contributed by atoms with Gasteiger partial charge in [0.05, 0.1) is 24.8 Å². The summed E-state index contributed by atoms with van der Waals surface area (Å²) in [5, 5.41) is 4.78. The van der Waals surface area contributed by atoms with Gasteiger partial charge in [0.25, 0.3) is 5.91 Å². The van der Waals surface area contributed by atoms with Gasteiger partial charge in [0.15, 0.2) is 0 Å². The molecule has 1 N–H and O–H groups in total. The number of nitrogens with one attached hydrogen (secondary N) is 1. The molecule has 0 fully saturated rings. The largest absolute Gasteiger partial charge is 0.497 e. The predicted octanol–water partition coefficient (Wildman–Crippen LogP) is 5.35. The number of imidazole rings is 1. The first-order valence-electron chi connectivity index (χ1n) is 11.9. The Bertz CT molecular complexity index is 1330. The van der Waals surface area contributed by atoms with E-state index in [1.54, 1.807) is 25.2 Å². The molecule has 2 heterocycles. The standard InChI is InChI=1S/C28H30N4O4S/c1-19(2)16-31(27(34)25-6-5-15-37-25)18-26(33)30-28-29-24(20-7-11-22(35-3)12-8-20)17-32(28)21-9-13-23(36-4)14-10-21/h5-15,17,19H,16,18H2,1-4H3,(H,29,30,33). The lowest BCUT2D eigenvalue weighted by atomic mass is 10.1. The van der Waals surface area contributed by atoms with Crippen LogP contribution in [0.25, 0.3) is 16.9 Å². The third-order valence-electron chi connectivity index (χ3n) is 5.63. The van der Waals surface area contributed by atoms with Crippen molar-refractivity contribution in [2.45, 2.75) is 13.8 Å². The van der Waals surface area contributed by atoms with E-state index in [0.717, 1.165) is 22.7 Å². The number of carbonyl (C=O) groups excluding carboxylic acids is 2. The quantitative estimate of drug-likeness (QED) is 0.306. The lowest BCUT2D eigenvalue weighted by molar-refractivity contribution is -0.117. The Morgan fingerprint density at radius 1 is 1.00 bits per heavy atom. The summed E-state index contributed by atoms with van der Waals surface area (Å²) in [6.07, 6.45) is 1.86. The van der Waals surface area contributed by atoms with Gasteiger partial charge in [-0.2, -0.15) is 0 Å². The van der Waals surface area contributed by atoms with Crippen LogP contribution in [0.3, 0.4) is 0 Å². The summed E-state index contributed by atoms with van der Waals surface area (Å²) in [6.45, 7) is 4.42. The molecular weight excluding hydrogens is 488 g/mol. The van der Waals surface area contributed by atoms with Crippen LogP contribution in [0.2, 0.25) is 0 Å². The van der Waals surface area contributed by atoms with Gasteiger partial charge in [-0.1, -0.05) is 19.9 Å². The normalized spacial score (nSPS) is 10.8. The first-order valence-corrected chi connectivity index (χ1v) is 12.8. The highest BCUT2D eigenvalue weighted by atomic mass is 32.1. The molecule has 0 atom stereocenters. The Hall–Kier alpha value is -4.11. The van der Waals surface area contributed by atoms with E-state index in [4.69, 9.17) is 14.5 Å². The number of benzene rings is 2. The third kappa shape index (κ3) is 6.37. The third-order valence-corrected chi connectivity index (χ3v) is 6.49. The van der Waals surface area contributed by atoms with Crippen LogP contribution in [0.4, 0.5) is 5.95 Å². The zero-order valence-corrected chi connectivity index (χ0v) is 22.1. The maximum atomic E-state index is 13.2. The van der Waals surface area contributed by atoms with Crippen LogP contribution >= 0.6 is 11.3 Å². The monoisotopic (exact) mass is 518 g/mol. The van der Waals surface area contributed by atoms with Crippen molar-refractivity contribution in [3.05, 3.63) is 77.1 Å². The molecule has 0 aliphatic rings. The Kier molecular flexibility index (Phi) is 8.25. The molecule has 37 heavy (non-hydrogen) atoms. The molecule has 0 bridgehead atoms. The number of methoxy groups -OCH3 is 2. The number of hydrogen-bond acceptors (Lipinski definition) is 6. The molecule has 4 rings (SSSR count). The van der Waals surface area contributed by atoms with Gasteiger partial charge in [-0.15, -0.1) is 11.3 Å². The van der Waals surface area contributed by atoms with E-state index in [2.05, 4.69) is 5.32 Å². The first-order chi connectivity index (χ1) is 17.9. The van der Waals surface area contributed by atoms with Crippen LogP contribution in [-0.4, -0.2) is 53.6 Å². The number of carbonyl (C=O) groups is 2. The van der Waals surface area contributed by atoms with E-state index >= 15 is 0 Å². The molecule has 4 aromatic rings. The molecule has 8 nitrogen and oxygen atoms in total. The summed E-state index contributed by atoms with van der Waals surface area (Å²) in [6, 6.07) is 18.6. The van der Waals surface area contributed by atoms with E-state index in [0.29, 0.717) is 23.1 Å². The number of nitrogens with zero attached hydrogens (tertiary/aromatic N) is 3. The van der Waals surface area contributed by atoms with Crippen LogP contribution in [0, 0.1) is 5.92 Å². The smallest absolute Gasteiger partial charge is 0.264 e. The fourth-order valence-corrected chi connectivity index (χ4v) is 4.55. The molecule has 2 aromatic heterocycles. The first kappa shape index (κ1) is 26.0. The SMILES string of the molecule is COc1ccc(-c2cn(-c3ccc(OC)cc3)c(NC(=O)CN(CC(C)C)C(=O)c3cccs3)n2)cc1. The van der Waals surface area contributed by atoms with Crippen molar-refractivity contribution in [1.82, 2.24) is 14.5 Å². The maximum Gasteiger partial charge on any atom is 0.264 e. The van der Waals surface area contributed by atoms with Gasteiger partial charge in [0, 0.05) is 24.0 Å². The van der Waals surface area contributed by atoms with Gasteiger partial charge in [-0.3, -0.25) is 19.5 Å². The van der Waals surface area contributed by atoms with Crippen molar-refractivity contribution >= 4 is 29.1 Å². The highest BCUT2D eigenvalue weighted by Crippen LogP contribution is 2.27. The summed E-state index contributed by atoms with van der Waals surface area (Å²) in [5.41, 5.74) is 2.36. The molecule has 0 spiro atoms. The Morgan fingerprint density at radius 3 is 2.22 bits per heavy atom. The molecule has 192 valence electrons. The van der Waals surface area contributed by atoms with Gasteiger partial charge in [-0.25, -0.2) is 4.98 Å². The molecule has 9 heteroatoms. The van der Waals surface area contributed by atoms with Crippen LogP contribution in [0.1, 0.15) is 23.5 Å². The van der Waals surface area contributed by atoms with Gasteiger partial charge in [0.2, 0.25) is 11.9 Å². The maximum absolute atomic E-state index is 13.2. The zero-order valence-electron chi connectivity index (χ0n) is 21.3. The second-order valence-electron chi connectivity index (χ2n) is 8.85. The summed E-state index contributed by atoms with van der Waals surface area (Å²) in [4.78, 5) is 33.1. The van der Waals surface area contributed by atoms with Crippen molar-refractivity contribution in [2.75, 3.05) is 32.6 Å². The topological polar surface area (TPSA) is 85.7 Å². The van der Waals surface area contributed by atoms with E-state index < -0.39 is 0 Å². The van der Waals surface area contributed by atoms with Crippen molar-refractivity contribution in [3.63, 3.8) is 0 Å². The lowest BCUT2D eigenvalue weighted by Crippen LogP contribution is -2.40. The average molecular weight is 519 g/mol. The van der Waals surface area contributed by atoms with E-state index in [1.165, 1.54) is 11.3 Å². The molecule has 0 aliphatic heterocycles. The number of amides is 2. The van der Waals surface area contributed by atoms with Crippen molar-refractivity contribution in [1.29, 1.82) is 0 Å². The molecule has 0 radical (unpaired) electrons. The molecule has 2 amide bonds. The number of aromatic nitrogens is 2. The Balaban J connectivity index is 1.62. The Morgan fingerprint density at radius 2 is 1.65 bits per heavy atom. The number of anilines is 1. The van der Waals surface area contributed by atoms with E-state index in [1.807, 2.05) is 84.6 Å². The summed E-state index contributed by atoms with van der Waals surface area (Å²) in [7, 11) is 3.23. The molecule has 0 saturated heterocycles. The summed E-state index contributed by atoms with van der Waals surface area (Å²) >= 11 is 1.37. The van der Waals surface area contributed by atoms with Crippen molar-refractivity contribution < 1.29 is 19.1 Å². The number of ether oxygens (including phenoxy) is 2. The second kappa shape index (κ2) is 11.7. The molecule has 0 unspecified atom stereocenters. The highest BCUT2D eigenvalue weighted by Gasteiger charge is 2.22. The van der Waals surface area contributed by atoms with Crippen LogP contribution in [0.5, 0.6) is 11.5 Å². The number of hydrogen-bond donors (Lipinski definition) is 1. The van der Waals surface area contributed by atoms with Gasteiger partial charge >= 0.3 is 0 Å². The van der Waals surface area contributed by atoms with Gasteiger partial charge < -0.3 is 14.4 Å². The average Bonchev–Trinajstić information content (AvgIpc) is 3.58. The van der Waals surface area contributed by atoms with Crippen molar-refractivity contribution in [3.8, 4) is 28.4 Å². The minimum Gasteiger partial charge on any atom is -0.497 e.